The fourth-order valence-electron chi connectivity index (χ4n) is 0.850. The molecule has 0 radical (unpaired) electrons. The van der Waals surface area contributed by atoms with Crippen LogP contribution in [0.5, 0.6) is 5.75 Å². The largest absolute Gasteiger partial charge is 0.508 e. The number of rotatable bonds is 2. The molecule has 1 rings (SSSR count). The van der Waals surface area contributed by atoms with Crippen molar-refractivity contribution in [1.82, 2.24) is 0 Å². The molecule has 0 saturated carbocycles. The predicted molar refractivity (Wildman–Crippen MR) is 44.6 cm³/mol. The Morgan fingerprint density at radius 1 is 1.31 bits per heavy atom. The maximum atomic E-state index is 10.5. The van der Waals surface area contributed by atoms with Gasteiger partial charge in [0.2, 0.25) is 5.44 Å². The van der Waals surface area contributed by atoms with Gasteiger partial charge in [0.25, 0.3) is 10.1 Å². The van der Waals surface area contributed by atoms with Gasteiger partial charge < -0.3 is 10.2 Å². The highest BCUT2D eigenvalue weighted by molar-refractivity contribution is 7.85. The smallest absolute Gasteiger partial charge is 0.296 e. The summed E-state index contributed by atoms with van der Waals surface area (Å²) < 4.78 is 29.4. The molecule has 0 amide bonds. The average molecular weight is 204 g/mol. The number of aliphatic hydroxyl groups excluding tert-OH is 1. The summed E-state index contributed by atoms with van der Waals surface area (Å²) >= 11 is 0. The van der Waals surface area contributed by atoms with Crippen LogP contribution in [0.25, 0.3) is 0 Å². The standard InChI is InChI=1S/C7H8O5S/c8-6-3-1-2-5(4-6)7(9)13(10,11)12/h1-4,7-9H,(H,10,11,12). The molecule has 6 heteroatoms. The zero-order valence-electron chi connectivity index (χ0n) is 6.45. The highest BCUT2D eigenvalue weighted by Crippen LogP contribution is 2.21. The van der Waals surface area contributed by atoms with Gasteiger partial charge >= 0.3 is 0 Å². The predicted octanol–water partition coefficient (Wildman–Crippen LogP) is 0.271. The Hall–Kier alpha value is -1.11. The normalized spacial score (nSPS) is 14.0. The van der Waals surface area contributed by atoms with Crippen LogP contribution in [0.3, 0.4) is 0 Å². The van der Waals surface area contributed by atoms with Gasteiger partial charge in [0.05, 0.1) is 0 Å². The van der Waals surface area contributed by atoms with E-state index in [9.17, 15) is 8.42 Å². The van der Waals surface area contributed by atoms with E-state index >= 15 is 0 Å². The van der Waals surface area contributed by atoms with Gasteiger partial charge in [-0.25, -0.2) is 0 Å². The van der Waals surface area contributed by atoms with Gasteiger partial charge in [-0.2, -0.15) is 8.42 Å². The molecule has 1 atom stereocenters. The molecule has 13 heavy (non-hydrogen) atoms. The summed E-state index contributed by atoms with van der Waals surface area (Å²) in [6.07, 6.45) is 0. The number of hydrogen-bond acceptors (Lipinski definition) is 4. The summed E-state index contributed by atoms with van der Waals surface area (Å²) in [7, 11) is -4.53. The summed E-state index contributed by atoms with van der Waals surface area (Å²) in [4.78, 5) is 0. The monoisotopic (exact) mass is 204 g/mol. The molecule has 0 spiro atoms. The van der Waals surface area contributed by atoms with Crippen LogP contribution in [0.4, 0.5) is 0 Å². The van der Waals surface area contributed by atoms with Crippen molar-refractivity contribution in [3.63, 3.8) is 0 Å². The SMILES string of the molecule is O=S(=O)(O)C(O)c1cccc(O)c1. The highest BCUT2D eigenvalue weighted by atomic mass is 32.2. The first-order valence-electron chi connectivity index (χ1n) is 3.34. The number of aromatic hydroxyl groups is 1. The van der Waals surface area contributed by atoms with Gasteiger partial charge in [-0.05, 0) is 12.1 Å². The zero-order chi connectivity index (χ0) is 10.1. The maximum Gasteiger partial charge on any atom is 0.296 e. The van der Waals surface area contributed by atoms with Crippen LogP contribution < -0.4 is 0 Å². The molecule has 0 bridgehead atoms. The Labute approximate surface area is 75.0 Å². The van der Waals surface area contributed by atoms with Crippen molar-refractivity contribution in [2.45, 2.75) is 5.44 Å². The van der Waals surface area contributed by atoms with Crippen LogP contribution in [0.1, 0.15) is 11.0 Å². The Bertz CT molecular complexity index is 397. The average Bonchev–Trinajstić information content (AvgIpc) is 2.01. The number of hydrogen-bond donors (Lipinski definition) is 3. The van der Waals surface area contributed by atoms with E-state index in [0.29, 0.717) is 0 Å². The van der Waals surface area contributed by atoms with Crippen molar-refractivity contribution in [3.8, 4) is 5.75 Å². The van der Waals surface area contributed by atoms with E-state index in [2.05, 4.69) is 0 Å². The molecule has 0 aliphatic rings. The summed E-state index contributed by atoms with van der Waals surface area (Å²) in [5.41, 5.74) is -2.10. The minimum absolute atomic E-state index is 0.0810. The third kappa shape index (κ3) is 2.41. The quantitative estimate of drug-likeness (QED) is 0.601. The molecule has 0 heterocycles. The van der Waals surface area contributed by atoms with Crippen LogP contribution in [-0.4, -0.2) is 23.2 Å². The fourth-order valence-corrected chi connectivity index (χ4v) is 1.34. The Balaban J connectivity index is 3.10. The van der Waals surface area contributed by atoms with Crippen LogP contribution in [0, 0.1) is 0 Å². The Kier molecular flexibility index (Phi) is 2.55. The molecule has 1 unspecified atom stereocenters. The number of benzene rings is 1. The van der Waals surface area contributed by atoms with Gasteiger partial charge in [0, 0.05) is 5.56 Å². The first kappa shape index (κ1) is 9.97. The minimum Gasteiger partial charge on any atom is -0.508 e. The van der Waals surface area contributed by atoms with Crippen LogP contribution in [0.2, 0.25) is 0 Å². The third-order valence-electron chi connectivity index (χ3n) is 1.44. The summed E-state index contributed by atoms with van der Waals surface area (Å²) in [6, 6.07) is 5.01. The molecule has 0 saturated heterocycles. The van der Waals surface area contributed by atoms with Gasteiger partial charge in [-0.15, -0.1) is 0 Å². The molecule has 72 valence electrons. The van der Waals surface area contributed by atoms with Crippen molar-refractivity contribution >= 4 is 10.1 Å². The van der Waals surface area contributed by atoms with E-state index in [4.69, 9.17) is 14.8 Å². The number of phenolic OH excluding ortho intramolecular Hbond substituents is 1. The van der Waals surface area contributed by atoms with Gasteiger partial charge in [-0.3, -0.25) is 4.55 Å². The second-order valence-electron chi connectivity index (χ2n) is 2.46. The molecule has 5 nitrogen and oxygen atoms in total. The lowest BCUT2D eigenvalue weighted by Crippen LogP contribution is -2.10. The third-order valence-corrected chi connectivity index (χ3v) is 2.27. The lowest BCUT2D eigenvalue weighted by atomic mass is 10.2. The minimum atomic E-state index is -4.53. The second kappa shape index (κ2) is 3.33. The van der Waals surface area contributed by atoms with E-state index in [1.807, 2.05) is 0 Å². The second-order valence-corrected chi connectivity index (χ2v) is 3.94. The molecule has 0 aliphatic heterocycles. The van der Waals surface area contributed by atoms with Crippen LogP contribution >= 0.6 is 0 Å². The molecule has 0 aliphatic carbocycles. The molecule has 1 aromatic rings. The van der Waals surface area contributed by atoms with Crippen molar-refractivity contribution < 1.29 is 23.2 Å². The van der Waals surface area contributed by atoms with E-state index in [-0.39, 0.29) is 11.3 Å². The van der Waals surface area contributed by atoms with Crippen molar-refractivity contribution in [2.24, 2.45) is 0 Å². The first-order valence-corrected chi connectivity index (χ1v) is 4.85. The molecule has 0 fully saturated rings. The Morgan fingerprint density at radius 2 is 1.92 bits per heavy atom. The van der Waals surface area contributed by atoms with Gasteiger partial charge in [0.15, 0.2) is 0 Å². The molecule has 0 aromatic heterocycles. The van der Waals surface area contributed by atoms with E-state index in [1.165, 1.54) is 18.2 Å². The summed E-state index contributed by atoms with van der Waals surface area (Å²) in [6.45, 7) is 0. The highest BCUT2D eigenvalue weighted by Gasteiger charge is 2.21. The van der Waals surface area contributed by atoms with Crippen molar-refractivity contribution in [2.75, 3.05) is 0 Å². The maximum absolute atomic E-state index is 10.5. The van der Waals surface area contributed by atoms with Crippen molar-refractivity contribution in [1.29, 1.82) is 0 Å². The lowest BCUT2D eigenvalue weighted by molar-refractivity contribution is 0.238. The molecule has 3 N–H and O–H groups in total. The molecular weight excluding hydrogens is 196 g/mol. The fraction of sp³-hybridized carbons (Fsp3) is 0.143. The van der Waals surface area contributed by atoms with E-state index < -0.39 is 15.6 Å². The Morgan fingerprint density at radius 3 is 2.38 bits per heavy atom. The molecular formula is C7H8O5S. The zero-order valence-corrected chi connectivity index (χ0v) is 7.27. The summed E-state index contributed by atoms with van der Waals surface area (Å²) in [5.74, 6) is -0.180. The lowest BCUT2D eigenvalue weighted by Gasteiger charge is -2.06. The van der Waals surface area contributed by atoms with Crippen LogP contribution in [-0.2, 0) is 10.1 Å². The summed E-state index contributed by atoms with van der Waals surface area (Å²) in [5, 5.41) is 18.0. The number of aliphatic hydroxyl groups is 1. The number of phenols is 1. The first-order chi connectivity index (χ1) is 5.91. The van der Waals surface area contributed by atoms with E-state index in [0.717, 1.165) is 6.07 Å². The topological polar surface area (TPSA) is 94.8 Å². The van der Waals surface area contributed by atoms with E-state index in [1.54, 1.807) is 0 Å². The van der Waals surface area contributed by atoms with Gasteiger partial charge in [-0.1, -0.05) is 12.1 Å². The van der Waals surface area contributed by atoms with Crippen LogP contribution in [0.15, 0.2) is 24.3 Å². The molecule has 1 aromatic carbocycles. The van der Waals surface area contributed by atoms with Gasteiger partial charge in [0.1, 0.15) is 5.75 Å². The van der Waals surface area contributed by atoms with Crippen molar-refractivity contribution in [3.05, 3.63) is 29.8 Å².